The highest BCUT2D eigenvalue weighted by molar-refractivity contribution is 7.99. The summed E-state index contributed by atoms with van der Waals surface area (Å²) in [6.07, 6.45) is 0. The lowest BCUT2D eigenvalue weighted by molar-refractivity contribution is 0.509. The van der Waals surface area contributed by atoms with Crippen LogP contribution in [0.4, 0.5) is 8.78 Å². The molecule has 9 heteroatoms. The smallest absolute Gasteiger partial charge is 0.247 e. The fourth-order valence-corrected chi connectivity index (χ4v) is 4.31. The van der Waals surface area contributed by atoms with E-state index in [4.69, 9.17) is 4.42 Å². The summed E-state index contributed by atoms with van der Waals surface area (Å²) in [7, 11) is 0. The maximum atomic E-state index is 14.8. The molecule has 0 aliphatic rings. The Bertz CT molecular complexity index is 1430. The van der Waals surface area contributed by atoms with Gasteiger partial charge < -0.3 is 4.42 Å². The van der Waals surface area contributed by atoms with Crippen molar-refractivity contribution in [1.82, 2.24) is 25.0 Å². The van der Waals surface area contributed by atoms with E-state index in [9.17, 15) is 8.78 Å². The third-order valence-corrected chi connectivity index (χ3v) is 6.22. The van der Waals surface area contributed by atoms with Gasteiger partial charge in [-0.25, -0.2) is 8.78 Å². The predicted octanol–water partition coefficient (Wildman–Crippen LogP) is 6.42. The Hall–Kier alpha value is -3.85. The van der Waals surface area contributed by atoms with E-state index < -0.39 is 11.6 Å². The number of hydrogen-bond acceptors (Lipinski definition) is 6. The molecule has 5 aromatic rings. The molecule has 0 bridgehead atoms. The Morgan fingerprint density at radius 2 is 1.62 bits per heavy atom. The summed E-state index contributed by atoms with van der Waals surface area (Å²) in [6, 6.07) is 20.5. The molecule has 170 valence electrons. The minimum absolute atomic E-state index is 0.144. The summed E-state index contributed by atoms with van der Waals surface area (Å²) in [6.45, 7) is 3.89. The summed E-state index contributed by atoms with van der Waals surface area (Å²) < 4.78 is 35.9. The molecule has 0 fully saturated rings. The van der Waals surface area contributed by atoms with E-state index in [-0.39, 0.29) is 10.9 Å². The molecule has 6 nitrogen and oxygen atoms in total. The number of aromatic nitrogens is 5. The van der Waals surface area contributed by atoms with Crippen molar-refractivity contribution in [3.8, 4) is 28.5 Å². The van der Waals surface area contributed by atoms with Crippen LogP contribution in [-0.2, 0) is 0 Å². The third kappa shape index (κ3) is 4.34. The molecule has 0 N–H and O–H groups in total. The highest BCUT2D eigenvalue weighted by Crippen LogP contribution is 2.37. The summed E-state index contributed by atoms with van der Waals surface area (Å²) in [4.78, 5) is 0. The van der Waals surface area contributed by atoms with Crippen molar-refractivity contribution < 1.29 is 13.2 Å². The van der Waals surface area contributed by atoms with Gasteiger partial charge in [0.25, 0.3) is 0 Å². The molecular weight excluding hydrogens is 456 g/mol. The first-order valence-electron chi connectivity index (χ1n) is 10.5. The van der Waals surface area contributed by atoms with Gasteiger partial charge in [-0.15, -0.1) is 20.4 Å². The number of aryl methyl sites for hydroxylation is 1. The van der Waals surface area contributed by atoms with Crippen molar-refractivity contribution in [3.63, 3.8) is 0 Å². The van der Waals surface area contributed by atoms with Crippen LogP contribution < -0.4 is 0 Å². The van der Waals surface area contributed by atoms with Crippen LogP contribution in [0.15, 0.2) is 82.4 Å². The molecule has 0 spiro atoms. The van der Waals surface area contributed by atoms with E-state index in [2.05, 4.69) is 20.4 Å². The van der Waals surface area contributed by atoms with E-state index in [1.807, 2.05) is 68.4 Å². The lowest BCUT2D eigenvalue weighted by Gasteiger charge is -2.13. The Kier molecular flexibility index (Phi) is 5.93. The van der Waals surface area contributed by atoms with Gasteiger partial charge in [-0.05, 0) is 38.1 Å². The molecule has 0 saturated heterocycles. The molecule has 0 amide bonds. The highest BCUT2D eigenvalue weighted by Gasteiger charge is 2.24. The second kappa shape index (κ2) is 9.18. The Morgan fingerprint density at radius 3 is 2.35 bits per heavy atom. The molecule has 0 radical (unpaired) electrons. The first-order valence-corrected chi connectivity index (χ1v) is 11.4. The summed E-state index contributed by atoms with van der Waals surface area (Å²) in [5, 5.41) is 17.1. The molecule has 3 aromatic carbocycles. The van der Waals surface area contributed by atoms with Crippen LogP contribution in [0.3, 0.4) is 0 Å². The Balaban J connectivity index is 1.50. The Morgan fingerprint density at radius 1 is 0.853 bits per heavy atom. The lowest BCUT2D eigenvalue weighted by Crippen LogP contribution is -2.04. The maximum absolute atomic E-state index is 14.8. The average Bonchev–Trinajstić information content (AvgIpc) is 3.48. The van der Waals surface area contributed by atoms with Crippen molar-refractivity contribution in [2.24, 2.45) is 0 Å². The molecular formula is C25H19F2N5OS. The van der Waals surface area contributed by atoms with Crippen LogP contribution in [0.2, 0.25) is 0 Å². The minimum atomic E-state index is -0.717. The topological polar surface area (TPSA) is 69.6 Å². The second-order valence-corrected chi connectivity index (χ2v) is 8.98. The van der Waals surface area contributed by atoms with Gasteiger partial charge in [0.15, 0.2) is 11.0 Å². The van der Waals surface area contributed by atoms with Crippen molar-refractivity contribution in [2.75, 3.05) is 0 Å². The maximum Gasteiger partial charge on any atom is 0.247 e. The normalized spacial score (nSPS) is 12.1. The molecule has 2 aromatic heterocycles. The zero-order chi connectivity index (χ0) is 23.7. The standard InChI is InChI=1S/C25H19F2N5OS/c1-15-8-10-18(11-9-15)24-30-29-23(33-24)16(2)34-25-31-28-22(17-6-4-3-5-7-17)32(25)21-13-12-19(26)14-20(21)27/h3-14,16H,1-2H3. The molecule has 34 heavy (non-hydrogen) atoms. The number of rotatable bonds is 6. The molecule has 1 atom stereocenters. The van der Waals surface area contributed by atoms with Gasteiger partial charge in [-0.3, -0.25) is 4.57 Å². The van der Waals surface area contributed by atoms with Crippen molar-refractivity contribution in [1.29, 1.82) is 0 Å². The second-order valence-electron chi connectivity index (χ2n) is 7.67. The number of halogens is 2. The number of hydrogen-bond donors (Lipinski definition) is 0. The quantitative estimate of drug-likeness (QED) is 0.264. The van der Waals surface area contributed by atoms with Crippen LogP contribution in [0.25, 0.3) is 28.5 Å². The molecule has 1 unspecified atom stereocenters. The van der Waals surface area contributed by atoms with Gasteiger partial charge >= 0.3 is 0 Å². The summed E-state index contributed by atoms with van der Waals surface area (Å²) >= 11 is 1.29. The Labute approximate surface area is 198 Å². The van der Waals surface area contributed by atoms with Gasteiger partial charge in [0.2, 0.25) is 11.8 Å². The molecule has 0 saturated carbocycles. The SMILES string of the molecule is Cc1ccc(-c2nnc(C(C)Sc3nnc(-c4ccccc4)n3-c3ccc(F)cc3F)o2)cc1. The van der Waals surface area contributed by atoms with E-state index in [1.54, 1.807) is 4.57 Å². The molecule has 0 aliphatic heterocycles. The summed E-state index contributed by atoms with van der Waals surface area (Å²) in [5.41, 5.74) is 2.85. The van der Waals surface area contributed by atoms with Gasteiger partial charge in [0, 0.05) is 17.2 Å². The third-order valence-electron chi connectivity index (χ3n) is 5.19. The van der Waals surface area contributed by atoms with Crippen LogP contribution >= 0.6 is 11.8 Å². The number of thioether (sulfide) groups is 1. The lowest BCUT2D eigenvalue weighted by atomic mass is 10.1. The van der Waals surface area contributed by atoms with Crippen molar-refractivity contribution >= 4 is 11.8 Å². The zero-order valence-corrected chi connectivity index (χ0v) is 19.1. The number of nitrogens with zero attached hydrogens (tertiary/aromatic N) is 5. The first-order chi connectivity index (χ1) is 16.5. The number of benzene rings is 3. The van der Waals surface area contributed by atoms with E-state index in [0.717, 1.165) is 22.8 Å². The molecule has 2 heterocycles. The van der Waals surface area contributed by atoms with Crippen LogP contribution in [0.1, 0.15) is 23.6 Å². The summed E-state index contributed by atoms with van der Waals surface area (Å²) in [5.74, 6) is -0.125. The molecule has 0 aliphatic carbocycles. The van der Waals surface area contributed by atoms with Crippen LogP contribution in [-0.4, -0.2) is 25.0 Å². The largest absolute Gasteiger partial charge is 0.419 e. The first kappa shape index (κ1) is 22.0. The van der Waals surface area contributed by atoms with Gasteiger partial charge in [0.1, 0.15) is 11.6 Å². The highest BCUT2D eigenvalue weighted by atomic mass is 32.2. The zero-order valence-electron chi connectivity index (χ0n) is 18.3. The van der Waals surface area contributed by atoms with Gasteiger partial charge in [-0.2, -0.15) is 0 Å². The minimum Gasteiger partial charge on any atom is -0.419 e. The van der Waals surface area contributed by atoms with Crippen molar-refractivity contribution in [3.05, 3.63) is 95.9 Å². The fourth-order valence-electron chi connectivity index (χ4n) is 3.42. The van der Waals surface area contributed by atoms with E-state index in [0.29, 0.717) is 22.8 Å². The van der Waals surface area contributed by atoms with Gasteiger partial charge in [0.05, 0.1) is 10.9 Å². The van der Waals surface area contributed by atoms with Crippen LogP contribution in [0, 0.1) is 18.6 Å². The average molecular weight is 476 g/mol. The predicted molar refractivity (Wildman–Crippen MR) is 125 cm³/mol. The molecule has 5 rings (SSSR count). The van der Waals surface area contributed by atoms with Gasteiger partial charge in [-0.1, -0.05) is 59.8 Å². The fraction of sp³-hybridized carbons (Fsp3) is 0.120. The van der Waals surface area contributed by atoms with Crippen molar-refractivity contribution in [2.45, 2.75) is 24.3 Å². The van der Waals surface area contributed by atoms with E-state index in [1.165, 1.54) is 23.9 Å². The van der Waals surface area contributed by atoms with Crippen LogP contribution in [0.5, 0.6) is 0 Å². The monoisotopic (exact) mass is 475 g/mol. The van der Waals surface area contributed by atoms with E-state index >= 15 is 0 Å².